The molecule has 20 heavy (non-hydrogen) atoms. The summed E-state index contributed by atoms with van der Waals surface area (Å²) in [6, 6.07) is 3.75. The number of anilines is 1. The van der Waals surface area contributed by atoms with Gasteiger partial charge in [0.25, 0.3) is 0 Å². The molecule has 2 aromatic heterocycles. The third kappa shape index (κ3) is 1.57. The maximum atomic E-state index is 14.0. The molecule has 0 radical (unpaired) electrons. The number of nitrogen functional groups attached to an aromatic ring is 1. The van der Waals surface area contributed by atoms with Gasteiger partial charge in [0.05, 0.1) is 5.39 Å². The lowest BCUT2D eigenvalue weighted by Crippen LogP contribution is -2.04. The summed E-state index contributed by atoms with van der Waals surface area (Å²) in [5, 5.41) is 0.618. The summed E-state index contributed by atoms with van der Waals surface area (Å²) in [6.07, 6.45) is 1.28. The molecule has 0 bridgehead atoms. The summed E-state index contributed by atoms with van der Waals surface area (Å²) in [7, 11) is 0. The molecule has 0 amide bonds. The number of fused-ring (bicyclic) bond motifs is 1. The third-order valence-corrected chi connectivity index (χ3v) is 3.48. The Balaban J connectivity index is 2.50. The first-order valence-corrected chi connectivity index (χ1v) is 6.05. The Morgan fingerprint density at radius 3 is 2.40 bits per heavy atom. The van der Waals surface area contributed by atoms with Gasteiger partial charge in [-0.15, -0.1) is 0 Å². The predicted molar refractivity (Wildman–Crippen MR) is 72.7 cm³/mol. The number of benzene rings is 1. The van der Waals surface area contributed by atoms with Crippen molar-refractivity contribution in [1.82, 2.24) is 14.5 Å². The molecule has 0 unspecified atom stereocenters. The average molecular weight is 274 g/mol. The van der Waals surface area contributed by atoms with Crippen molar-refractivity contribution in [3.8, 4) is 5.69 Å². The van der Waals surface area contributed by atoms with Crippen LogP contribution in [0.5, 0.6) is 0 Å². The summed E-state index contributed by atoms with van der Waals surface area (Å²) >= 11 is 0. The molecular formula is C14H12F2N4. The summed E-state index contributed by atoms with van der Waals surface area (Å²) in [4.78, 5) is 8.05. The Morgan fingerprint density at radius 2 is 1.75 bits per heavy atom. The Morgan fingerprint density at radius 1 is 1.10 bits per heavy atom. The zero-order valence-electron chi connectivity index (χ0n) is 11.0. The molecule has 1 aromatic carbocycles. The van der Waals surface area contributed by atoms with Crippen LogP contribution in [0.15, 0.2) is 24.5 Å². The molecule has 0 aliphatic carbocycles. The van der Waals surface area contributed by atoms with Crippen LogP contribution in [-0.4, -0.2) is 14.5 Å². The van der Waals surface area contributed by atoms with Crippen LogP contribution in [0.3, 0.4) is 0 Å². The van der Waals surface area contributed by atoms with Gasteiger partial charge in [-0.3, -0.25) is 4.57 Å². The molecule has 2 heterocycles. The number of aromatic nitrogens is 3. The molecule has 3 rings (SSSR count). The Kier molecular flexibility index (Phi) is 2.67. The first-order valence-electron chi connectivity index (χ1n) is 6.05. The second kappa shape index (κ2) is 4.26. The van der Waals surface area contributed by atoms with Gasteiger partial charge in [-0.1, -0.05) is 6.07 Å². The fraction of sp³-hybridized carbons (Fsp3) is 0.143. The molecule has 0 atom stereocenters. The number of nitrogens with two attached hydrogens (primary N) is 1. The van der Waals surface area contributed by atoms with E-state index in [1.54, 1.807) is 6.92 Å². The van der Waals surface area contributed by atoms with E-state index in [9.17, 15) is 8.78 Å². The average Bonchev–Trinajstić information content (AvgIpc) is 2.65. The topological polar surface area (TPSA) is 56.7 Å². The van der Waals surface area contributed by atoms with Crippen molar-refractivity contribution in [2.24, 2.45) is 0 Å². The van der Waals surface area contributed by atoms with E-state index >= 15 is 0 Å². The second-order valence-electron chi connectivity index (χ2n) is 4.57. The standard InChI is InChI=1S/C14H12F2N4/c1-7-8(2)20(12-9(15)4-3-5-10(12)16)14-11(7)13(17)18-6-19-14/h3-6H,1-2H3,(H2,17,18,19). The van der Waals surface area contributed by atoms with E-state index < -0.39 is 11.6 Å². The minimum Gasteiger partial charge on any atom is -0.383 e. The molecule has 4 nitrogen and oxygen atoms in total. The number of hydrogen-bond acceptors (Lipinski definition) is 3. The van der Waals surface area contributed by atoms with Crippen LogP contribution >= 0.6 is 0 Å². The van der Waals surface area contributed by atoms with Gasteiger partial charge in [-0.05, 0) is 31.5 Å². The van der Waals surface area contributed by atoms with Gasteiger partial charge in [0.2, 0.25) is 0 Å². The van der Waals surface area contributed by atoms with Crippen LogP contribution in [0.1, 0.15) is 11.3 Å². The molecule has 0 saturated carbocycles. The fourth-order valence-corrected chi connectivity index (χ4v) is 2.40. The Labute approximate surface area is 113 Å². The molecule has 0 aliphatic heterocycles. The quantitative estimate of drug-likeness (QED) is 0.742. The highest BCUT2D eigenvalue weighted by molar-refractivity contribution is 5.92. The zero-order valence-corrected chi connectivity index (χ0v) is 11.0. The molecule has 0 aliphatic rings. The van der Waals surface area contributed by atoms with Crippen LogP contribution < -0.4 is 5.73 Å². The van der Waals surface area contributed by atoms with E-state index in [1.807, 2.05) is 6.92 Å². The predicted octanol–water partition coefficient (Wildman–Crippen LogP) is 2.90. The number of rotatable bonds is 1. The van der Waals surface area contributed by atoms with Gasteiger partial charge in [-0.2, -0.15) is 0 Å². The van der Waals surface area contributed by atoms with Crippen LogP contribution in [0.4, 0.5) is 14.6 Å². The highest BCUT2D eigenvalue weighted by atomic mass is 19.1. The molecule has 0 spiro atoms. The molecule has 3 aromatic rings. The first-order chi connectivity index (χ1) is 9.52. The number of aryl methyl sites for hydroxylation is 1. The van der Waals surface area contributed by atoms with Crippen molar-refractivity contribution in [3.05, 3.63) is 47.4 Å². The van der Waals surface area contributed by atoms with Gasteiger partial charge in [0, 0.05) is 5.69 Å². The molecule has 0 fully saturated rings. The summed E-state index contributed by atoms with van der Waals surface area (Å²) in [5.74, 6) is -1.00. The van der Waals surface area contributed by atoms with Gasteiger partial charge in [0.1, 0.15) is 29.5 Å². The molecule has 102 valence electrons. The monoisotopic (exact) mass is 274 g/mol. The Hall–Kier alpha value is -2.50. The van der Waals surface area contributed by atoms with Crippen LogP contribution in [0.25, 0.3) is 16.7 Å². The normalized spacial score (nSPS) is 11.2. The van der Waals surface area contributed by atoms with E-state index in [4.69, 9.17) is 5.73 Å². The van der Waals surface area contributed by atoms with E-state index in [-0.39, 0.29) is 5.69 Å². The SMILES string of the molecule is Cc1c(C)n(-c2c(F)cccc2F)c2ncnc(N)c12. The van der Waals surface area contributed by atoms with Gasteiger partial charge >= 0.3 is 0 Å². The third-order valence-electron chi connectivity index (χ3n) is 3.48. The lowest BCUT2D eigenvalue weighted by atomic mass is 10.2. The lowest BCUT2D eigenvalue weighted by Gasteiger charge is -2.10. The number of halogens is 2. The van der Waals surface area contributed by atoms with Crippen molar-refractivity contribution in [2.45, 2.75) is 13.8 Å². The molecule has 6 heteroatoms. The van der Waals surface area contributed by atoms with Crippen molar-refractivity contribution >= 4 is 16.9 Å². The van der Waals surface area contributed by atoms with Crippen LogP contribution in [0, 0.1) is 25.5 Å². The van der Waals surface area contributed by atoms with Crippen molar-refractivity contribution in [1.29, 1.82) is 0 Å². The smallest absolute Gasteiger partial charge is 0.150 e. The maximum Gasteiger partial charge on any atom is 0.150 e. The lowest BCUT2D eigenvalue weighted by molar-refractivity contribution is 0.569. The van der Waals surface area contributed by atoms with Crippen LogP contribution in [0.2, 0.25) is 0 Å². The van der Waals surface area contributed by atoms with E-state index in [0.717, 1.165) is 5.56 Å². The molecule has 0 saturated heterocycles. The van der Waals surface area contributed by atoms with E-state index in [2.05, 4.69) is 9.97 Å². The van der Waals surface area contributed by atoms with Crippen molar-refractivity contribution < 1.29 is 8.78 Å². The highest BCUT2D eigenvalue weighted by Crippen LogP contribution is 2.31. The highest BCUT2D eigenvalue weighted by Gasteiger charge is 2.20. The number of para-hydroxylation sites is 1. The second-order valence-corrected chi connectivity index (χ2v) is 4.57. The van der Waals surface area contributed by atoms with Gasteiger partial charge in [-0.25, -0.2) is 18.7 Å². The van der Waals surface area contributed by atoms with Crippen molar-refractivity contribution in [3.63, 3.8) is 0 Å². The summed E-state index contributed by atoms with van der Waals surface area (Å²) in [5.41, 5.74) is 7.57. The van der Waals surface area contributed by atoms with Crippen molar-refractivity contribution in [2.75, 3.05) is 5.73 Å². The van der Waals surface area contributed by atoms with E-state index in [0.29, 0.717) is 22.5 Å². The van der Waals surface area contributed by atoms with Gasteiger partial charge in [0.15, 0.2) is 5.65 Å². The summed E-state index contributed by atoms with van der Waals surface area (Å²) in [6.45, 7) is 3.59. The largest absolute Gasteiger partial charge is 0.383 e. The number of nitrogens with zero attached hydrogens (tertiary/aromatic N) is 3. The van der Waals surface area contributed by atoms with Crippen LogP contribution in [-0.2, 0) is 0 Å². The minimum atomic E-state index is -0.651. The molecular weight excluding hydrogens is 262 g/mol. The van der Waals surface area contributed by atoms with E-state index in [1.165, 1.54) is 29.1 Å². The Bertz CT molecular complexity index is 803. The van der Waals surface area contributed by atoms with Gasteiger partial charge < -0.3 is 5.73 Å². The summed E-state index contributed by atoms with van der Waals surface area (Å²) < 4.78 is 29.5. The zero-order chi connectivity index (χ0) is 14.4. The maximum absolute atomic E-state index is 14.0. The minimum absolute atomic E-state index is 0.152. The first kappa shape index (κ1) is 12.5. The fourth-order valence-electron chi connectivity index (χ4n) is 2.40. The molecule has 2 N–H and O–H groups in total. The number of hydrogen-bond donors (Lipinski definition) is 1.